The number of thiazole rings is 1. The second-order valence-corrected chi connectivity index (χ2v) is 9.40. The van der Waals surface area contributed by atoms with Crippen molar-refractivity contribution in [2.45, 2.75) is 50.6 Å². The van der Waals surface area contributed by atoms with Crippen LogP contribution in [0.4, 0.5) is 0 Å². The van der Waals surface area contributed by atoms with Gasteiger partial charge in [-0.25, -0.2) is 13.1 Å². The largest absolute Gasteiger partial charge is 0.308 e. The Hall–Kier alpha value is -1.96. The highest BCUT2D eigenvalue weighted by Gasteiger charge is 2.19. The van der Waals surface area contributed by atoms with Gasteiger partial charge in [0.25, 0.3) is 0 Å². The molecule has 0 fully saturated rings. The Morgan fingerprint density at radius 3 is 2.59 bits per heavy atom. The average molecular weight is 405 g/mol. The van der Waals surface area contributed by atoms with E-state index >= 15 is 0 Å². The van der Waals surface area contributed by atoms with E-state index in [0.717, 1.165) is 29.7 Å². The van der Waals surface area contributed by atoms with E-state index in [1.165, 1.54) is 5.56 Å². The number of nitrogens with zero attached hydrogens (tertiary/aromatic N) is 1. The first-order chi connectivity index (χ1) is 12.9. The lowest BCUT2D eigenvalue weighted by molar-refractivity contribution is 0.547. The molecule has 5 nitrogen and oxygen atoms in total. The van der Waals surface area contributed by atoms with Gasteiger partial charge in [0.05, 0.1) is 15.1 Å². The van der Waals surface area contributed by atoms with Crippen molar-refractivity contribution in [3.63, 3.8) is 0 Å². The molecule has 7 heteroatoms. The highest BCUT2D eigenvalue weighted by atomic mass is 32.2. The molecule has 1 aromatic heterocycles. The van der Waals surface area contributed by atoms with E-state index in [0.29, 0.717) is 17.7 Å². The maximum atomic E-state index is 12.7. The minimum Gasteiger partial charge on any atom is -0.299 e. The Bertz CT molecular complexity index is 1070. The highest BCUT2D eigenvalue weighted by Crippen LogP contribution is 2.22. The number of sulfonamides is 1. The van der Waals surface area contributed by atoms with E-state index in [9.17, 15) is 13.2 Å². The summed E-state index contributed by atoms with van der Waals surface area (Å²) in [5.74, 6) is 0. The van der Waals surface area contributed by atoms with Crippen LogP contribution < -0.4 is 9.60 Å². The van der Waals surface area contributed by atoms with Gasteiger partial charge in [-0.3, -0.25) is 9.36 Å². The van der Waals surface area contributed by atoms with Gasteiger partial charge in [0.2, 0.25) is 10.0 Å². The number of fused-ring (bicyclic) bond motifs is 1. The minimum atomic E-state index is -3.63. The maximum Gasteiger partial charge on any atom is 0.308 e. The summed E-state index contributed by atoms with van der Waals surface area (Å²) >= 11 is 1.09. The topological polar surface area (TPSA) is 68.2 Å². The molecular formula is C20H24N2O3S2. The molecule has 3 rings (SSSR count). The van der Waals surface area contributed by atoms with E-state index < -0.39 is 10.0 Å². The molecule has 0 radical (unpaired) electrons. The summed E-state index contributed by atoms with van der Waals surface area (Å²) in [5.41, 5.74) is 1.98. The lowest BCUT2D eigenvalue weighted by Crippen LogP contribution is -2.32. The van der Waals surface area contributed by atoms with Crippen LogP contribution in [-0.4, -0.2) is 19.0 Å². The SMILES string of the molecule is CCCn1c(=O)sc2cc(S(=O)(=O)NC(C)CCc3ccccc3)ccc21. The third-order valence-corrected chi connectivity index (χ3v) is 6.99. The molecule has 1 unspecified atom stereocenters. The zero-order chi connectivity index (χ0) is 19.4. The first-order valence-corrected chi connectivity index (χ1v) is 11.4. The summed E-state index contributed by atoms with van der Waals surface area (Å²) in [7, 11) is -3.63. The van der Waals surface area contributed by atoms with Gasteiger partial charge in [-0.05, 0) is 49.9 Å². The van der Waals surface area contributed by atoms with Crippen LogP contribution in [0.3, 0.4) is 0 Å². The Morgan fingerprint density at radius 2 is 1.89 bits per heavy atom. The monoisotopic (exact) mass is 404 g/mol. The van der Waals surface area contributed by atoms with Gasteiger partial charge in [-0.1, -0.05) is 48.6 Å². The zero-order valence-corrected chi connectivity index (χ0v) is 17.1. The van der Waals surface area contributed by atoms with E-state index in [-0.39, 0.29) is 15.8 Å². The van der Waals surface area contributed by atoms with Gasteiger partial charge in [0.1, 0.15) is 0 Å². The molecule has 2 aromatic carbocycles. The molecule has 1 atom stereocenters. The van der Waals surface area contributed by atoms with Crippen molar-refractivity contribution < 1.29 is 8.42 Å². The lowest BCUT2D eigenvalue weighted by atomic mass is 10.1. The van der Waals surface area contributed by atoms with Gasteiger partial charge < -0.3 is 0 Å². The van der Waals surface area contributed by atoms with Gasteiger partial charge in [-0.2, -0.15) is 0 Å². The van der Waals surface area contributed by atoms with E-state index in [1.54, 1.807) is 22.8 Å². The first-order valence-electron chi connectivity index (χ1n) is 9.10. The Morgan fingerprint density at radius 1 is 1.15 bits per heavy atom. The van der Waals surface area contributed by atoms with Crippen LogP contribution in [0.1, 0.15) is 32.3 Å². The van der Waals surface area contributed by atoms with Crippen LogP contribution >= 0.6 is 11.3 Å². The second kappa shape index (κ2) is 8.37. The molecule has 0 saturated carbocycles. The van der Waals surface area contributed by atoms with E-state index in [2.05, 4.69) is 4.72 Å². The molecule has 0 aliphatic heterocycles. The van der Waals surface area contributed by atoms with Crippen LogP contribution in [-0.2, 0) is 23.0 Å². The molecule has 0 spiro atoms. The van der Waals surface area contributed by atoms with Crippen molar-refractivity contribution in [3.8, 4) is 0 Å². The number of hydrogen-bond acceptors (Lipinski definition) is 4. The molecule has 144 valence electrons. The van der Waals surface area contributed by atoms with Gasteiger partial charge in [-0.15, -0.1) is 0 Å². The number of rotatable bonds is 8. The number of aryl methyl sites for hydroxylation is 2. The molecule has 0 amide bonds. The molecule has 27 heavy (non-hydrogen) atoms. The normalized spacial score (nSPS) is 13.1. The van der Waals surface area contributed by atoms with Gasteiger partial charge in [0, 0.05) is 12.6 Å². The summed E-state index contributed by atoms with van der Waals surface area (Å²) in [6.07, 6.45) is 2.38. The average Bonchev–Trinajstić information content (AvgIpc) is 2.96. The number of aromatic nitrogens is 1. The van der Waals surface area contributed by atoms with Crippen LogP contribution in [0.25, 0.3) is 10.2 Å². The molecular weight excluding hydrogens is 380 g/mol. The van der Waals surface area contributed by atoms with Crippen molar-refractivity contribution in [1.29, 1.82) is 0 Å². The second-order valence-electron chi connectivity index (χ2n) is 6.70. The summed E-state index contributed by atoms with van der Waals surface area (Å²) in [5, 5.41) is 0. The molecule has 1 N–H and O–H groups in total. The van der Waals surface area contributed by atoms with Crippen molar-refractivity contribution in [3.05, 3.63) is 63.8 Å². The molecule has 0 bridgehead atoms. The minimum absolute atomic E-state index is 0.0504. The van der Waals surface area contributed by atoms with Crippen molar-refractivity contribution in [2.24, 2.45) is 0 Å². The predicted octanol–water partition coefficient (Wildman–Crippen LogP) is 3.77. The van der Waals surface area contributed by atoms with E-state index in [1.807, 2.05) is 44.2 Å². The van der Waals surface area contributed by atoms with Crippen LogP contribution in [0.5, 0.6) is 0 Å². The molecule has 0 aliphatic carbocycles. The van der Waals surface area contributed by atoms with Crippen molar-refractivity contribution >= 4 is 31.6 Å². The molecule has 0 saturated heterocycles. The fourth-order valence-corrected chi connectivity index (χ4v) is 5.40. The third-order valence-electron chi connectivity index (χ3n) is 4.46. The summed E-state index contributed by atoms with van der Waals surface area (Å²) in [6, 6.07) is 14.7. The standard InChI is InChI=1S/C20H24N2O3S2/c1-3-13-22-18-12-11-17(14-19(18)26-20(22)23)27(24,25)21-15(2)9-10-16-7-5-4-6-8-16/h4-8,11-12,14-15,21H,3,9-10,13H2,1-2H3. The van der Waals surface area contributed by atoms with Gasteiger partial charge >= 0.3 is 4.87 Å². The van der Waals surface area contributed by atoms with Gasteiger partial charge in [0.15, 0.2) is 0 Å². The summed E-state index contributed by atoms with van der Waals surface area (Å²) in [4.78, 5) is 12.3. The Labute approximate surface area is 163 Å². The molecule has 3 aromatic rings. The Kier molecular flexibility index (Phi) is 6.14. The fourth-order valence-electron chi connectivity index (χ4n) is 3.07. The smallest absolute Gasteiger partial charge is 0.299 e. The summed E-state index contributed by atoms with van der Waals surface area (Å²) < 4.78 is 30.6. The Balaban J connectivity index is 1.75. The molecule has 0 aliphatic rings. The zero-order valence-electron chi connectivity index (χ0n) is 15.5. The quantitative estimate of drug-likeness (QED) is 0.621. The number of hydrogen-bond donors (Lipinski definition) is 1. The number of nitrogens with one attached hydrogen (secondary N) is 1. The maximum absolute atomic E-state index is 12.7. The predicted molar refractivity (Wildman–Crippen MR) is 111 cm³/mol. The lowest BCUT2D eigenvalue weighted by Gasteiger charge is -2.14. The van der Waals surface area contributed by atoms with E-state index in [4.69, 9.17) is 0 Å². The molecule has 1 heterocycles. The first kappa shape index (κ1) is 19.8. The van der Waals surface area contributed by atoms with Crippen LogP contribution in [0.2, 0.25) is 0 Å². The summed E-state index contributed by atoms with van der Waals surface area (Å²) in [6.45, 7) is 4.52. The van der Waals surface area contributed by atoms with Crippen molar-refractivity contribution in [1.82, 2.24) is 9.29 Å². The fraction of sp³-hybridized carbons (Fsp3) is 0.350. The third kappa shape index (κ3) is 4.66. The number of benzene rings is 2. The van der Waals surface area contributed by atoms with Crippen LogP contribution in [0.15, 0.2) is 58.2 Å². The highest BCUT2D eigenvalue weighted by molar-refractivity contribution is 7.89. The van der Waals surface area contributed by atoms with Crippen LogP contribution in [0, 0.1) is 0 Å². The van der Waals surface area contributed by atoms with Crippen molar-refractivity contribution in [2.75, 3.05) is 0 Å².